The summed E-state index contributed by atoms with van der Waals surface area (Å²) in [7, 11) is 4.67. The van der Waals surface area contributed by atoms with Crippen molar-refractivity contribution in [3.05, 3.63) is 96.6 Å². The van der Waals surface area contributed by atoms with E-state index in [-0.39, 0.29) is 12.1 Å². The SMILES string of the molecule is [B-][P+](c1ccccc1)(c1ccccc1)C(CC(=O)O)c1ccccc1. The van der Waals surface area contributed by atoms with Crippen molar-refractivity contribution < 1.29 is 9.90 Å². The summed E-state index contributed by atoms with van der Waals surface area (Å²) in [5.41, 5.74) is 0.685. The van der Waals surface area contributed by atoms with Crippen LogP contribution in [0.4, 0.5) is 0 Å². The fraction of sp³-hybridized carbons (Fsp3) is 0.0952. The summed E-state index contributed by atoms with van der Waals surface area (Å²) in [4.78, 5) is 11.7. The Morgan fingerprint density at radius 2 is 1.20 bits per heavy atom. The maximum atomic E-state index is 11.7. The monoisotopic (exact) mass is 345 g/mol. The lowest BCUT2D eigenvalue weighted by Gasteiger charge is -2.43. The molecule has 3 aromatic carbocycles. The van der Waals surface area contributed by atoms with Crippen LogP contribution >= 0.6 is 7.14 Å². The molecule has 0 aliphatic rings. The lowest BCUT2D eigenvalue weighted by atomic mass is 10.1. The molecule has 123 valence electrons. The molecule has 25 heavy (non-hydrogen) atoms. The Kier molecular flexibility index (Phi) is 5.36. The number of carbonyl (C=O) groups is 1. The number of rotatable bonds is 6. The van der Waals surface area contributed by atoms with E-state index in [4.69, 9.17) is 7.57 Å². The molecule has 0 fully saturated rings. The van der Waals surface area contributed by atoms with Gasteiger partial charge in [0.05, 0.1) is 12.1 Å². The van der Waals surface area contributed by atoms with Crippen LogP contribution in [0.25, 0.3) is 0 Å². The van der Waals surface area contributed by atoms with Crippen molar-refractivity contribution >= 4 is 31.3 Å². The second-order valence-electron chi connectivity index (χ2n) is 5.97. The molecule has 3 aromatic rings. The van der Waals surface area contributed by atoms with Crippen molar-refractivity contribution in [1.29, 1.82) is 0 Å². The maximum Gasteiger partial charge on any atom is 0.307 e. The van der Waals surface area contributed by atoms with Crippen LogP contribution in [0.5, 0.6) is 0 Å². The van der Waals surface area contributed by atoms with E-state index in [9.17, 15) is 9.90 Å². The van der Waals surface area contributed by atoms with Crippen molar-refractivity contribution in [2.24, 2.45) is 0 Å². The van der Waals surface area contributed by atoms with Crippen LogP contribution in [-0.2, 0) is 4.79 Å². The van der Waals surface area contributed by atoms with Gasteiger partial charge in [-0.3, -0.25) is 12.4 Å². The summed E-state index contributed by atoms with van der Waals surface area (Å²) in [5, 5.41) is 11.6. The Morgan fingerprint density at radius 3 is 1.60 bits per heavy atom. The Balaban J connectivity index is 2.22. The Morgan fingerprint density at radius 1 is 0.800 bits per heavy atom. The van der Waals surface area contributed by atoms with Gasteiger partial charge in [0.1, 0.15) is 0 Å². The van der Waals surface area contributed by atoms with Crippen LogP contribution in [0.1, 0.15) is 17.6 Å². The molecule has 0 aliphatic heterocycles. The fourth-order valence-corrected chi connectivity index (χ4v) is 6.63. The standard InChI is InChI=1S/C21H18BO2P/c22-25(18-12-6-2-7-13-18,19-14-8-3-9-15-19)20(16-21(23)24)17-10-4-1-5-11-17/h1-15,20H,16H2/q-1/p+1. The smallest absolute Gasteiger partial charge is 0.307 e. The van der Waals surface area contributed by atoms with Crippen LogP contribution < -0.4 is 10.6 Å². The average Bonchev–Trinajstić information content (AvgIpc) is 2.67. The topological polar surface area (TPSA) is 37.3 Å². The zero-order valence-electron chi connectivity index (χ0n) is 13.8. The number of aliphatic carboxylic acids is 1. The summed E-state index contributed by atoms with van der Waals surface area (Å²) in [6, 6.07) is 29.5. The Bertz CT molecular complexity index is 783. The summed E-state index contributed by atoms with van der Waals surface area (Å²) >= 11 is 0. The average molecular weight is 345 g/mol. The Labute approximate surface area is 150 Å². The van der Waals surface area contributed by atoms with Crippen molar-refractivity contribution in [2.75, 3.05) is 0 Å². The summed E-state index contributed by atoms with van der Waals surface area (Å²) < 4.78 is 0. The molecular weight excluding hydrogens is 326 g/mol. The van der Waals surface area contributed by atoms with Crippen LogP contribution in [0, 0.1) is 0 Å². The van der Waals surface area contributed by atoms with Gasteiger partial charge in [0.2, 0.25) is 0 Å². The van der Waals surface area contributed by atoms with Gasteiger partial charge in [0, 0.05) is 10.6 Å². The minimum atomic E-state index is -2.44. The van der Waals surface area contributed by atoms with Crippen LogP contribution in [0.2, 0.25) is 0 Å². The van der Waals surface area contributed by atoms with Crippen LogP contribution in [0.15, 0.2) is 91.0 Å². The van der Waals surface area contributed by atoms with E-state index in [1.54, 1.807) is 0 Å². The highest BCUT2D eigenvalue weighted by molar-refractivity contribution is 8.08. The quantitative estimate of drug-likeness (QED) is 0.543. The minimum absolute atomic E-state index is 0.00191. The molecule has 0 saturated carbocycles. The van der Waals surface area contributed by atoms with Crippen LogP contribution in [0.3, 0.4) is 0 Å². The molecule has 0 spiro atoms. The predicted octanol–water partition coefficient (Wildman–Crippen LogP) is 3.95. The number of hydrogen-bond donors (Lipinski definition) is 1. The van der Waals surface area contributed by atoms with Crippen molar-refractivity contribution in [2.45, 2.75) is 12.1 Å². The lowest BCUT2D eigenvalue weighted by Crippen LogP contribution is -2.28. The summed E-state index contributed by atoms with van der Waals surface area (Å²) in [6.07, 6.45) is -0.00191. The zero-order valence-corrected chi connectivity index (χ0v) is 14.7. The van der Waals surface area contributed by atoms with Gasteiger partial charge in [-0.1, -0.05) is 66.7 Å². The van der Waals surface area contributed by atoms with Gasteiger partial charge in [-0.2, -0.15) is 7.14 Å². The molecule has 0 heterocycles. The van der Waals surface area contributed by atoms with Crippen molar-refractivity contribution in [3.8, 4) is 0 Å². The molecule has 3 rings (SSSR count). The van der Waals surface area contributed by atoms with Gasteiger partial charge in [-0.05, 0) is 29.8 Å². The highest BCUT2D eigenvalue weighted by Gasteiger charge is 2.36. The minimum Gasteiger partial charge on any atom is -0.481 e. The fourth-order valence-electron chi connectivity index (χ4n) is 3.20. The highest BCUT2D eigenvalue weighted by atomic mass is 31.2. The second-order valence-corrected chi connectivity index (χ2v) is 9.18. The number of carboxylic acids is 1. The molecule has 0 aromatic heterocycles. The largest absolute Gasteiger partial charge is 0.481 e. The first kappa shape index (κ1) is 17.4. The molecular formula is C21H19BO2P. The first-order valence-corrected chi connectivity index (χ1v) is 10.1. The van der Waals surface area contributed by atoms with Crippen LogP contribution in [-0.4, -0.2) is 18.6 Å². The first-order valence-electron chi connectivity index (χ1n) is 8.17. The van der Waals surface area contributed by atoms with Crippen molar-refractivity contribution in [1.82, 2.24) is 0 Å². The van der Waals surface area contributed by atoms with E-state index in [0.717, 1.165) is 16.2 Å². The molecule has 3 radical (unpaired) electrons. The molecule has 0 bridgehead atoms. The van der Waals surface area contributed by atoms with E-state index >= 15 is 0 Å². The maximum absolute atomic E-state index is 11.7. The number of carboxylic acid groups (broad SMARTS) is 1. The van der Waals surface area contributed by atoms with E-state index in [1.807, 2.05) is 91.0 Å². The summed E-state index contributed by atoms with van der Waals surface area (Å²) in [6.45, 7) is 0. The van der Waals surface area contributed by atoms with E-state index in [2.05, 4.69) is 0 Å². The normalized spacial score (nSPS) is 12.5. The number of benzene rings is 3. The summed E-state index contributed by atoms with van der Waals surface area (Å²) in [5.74, 6) is -0.837. The van der Waals surface area contributed by atoms with Gasteiger partial charge in [-0.25, -0.2) is 0 Å². The van der Waals surface area contributed by atoms with Gasteiger partial charge in [-0.15, -0.1) is 0 Å². The van der Waals surface area contributed by atoms with Gasteiger partial charge in [0.25, 0.3) is 0 Å². The number of hydrogen-bond acceptors (Lipinski definition) is 1. The lowest BCUT2D eigenvalue weighted by molar-refractivity contribution is -0.137. The second kappa shape index (κ2) is 7.67. The predicted molar refractivity (Wildman–Crippen MR) is 106 cm³/mol. The van der Waals surface area contributed by atoms with E-state index in [1.165, 1.54) is 0 Å². The molecule has 0 saturated heterocycles. The molecule has 0 amide bonds. The third kappa shape index (κ3) is 3.67. The molecule has 0 aliphatic carbocycles. The molecule has 1 atom stereocenters. The van der Waals surface area contributed by atoms with Gasteiger partial charge < -0.3 is 5.11 Å². The van der Waals surface area contributed by atoms with Gasteiger partial charge in [0.15, 0.2) is 0 Å². The zero-order chi connectivity index (χ0) is 17.7. The van der Waals surface area contributed by atoms with E-state index in [0.29, 0.717) is 0 Å². The van der Waals surface area contributed by atoms with Crippen molar-refractivity contribution in [3.63, 3.8) is 0 Å². The highest BCUT2D eigenvalue weighted by Crippen LogP contribution is 2.65. The molecule has 1 N–H and O–H groups in total. The molecule has 4 heteroatoms. The molecule has 2 nitrogen and oxygen atoms in total. The van der Waals surface area contributed by atoms with Gasteiger partial charge >= 0.3 is 5.97 Å². The first-order chi connectivity index (χ1) is 12.1. The Hall–Kier alpha value is -2.38. The third-order valence-electron chi connectivity index (χ3n) is 4.41. The molecule has 1 unspecified atom stereocenters. The third-order valence-corrected chi connectivity index (χ3v) is 8.18. The van der Waals surface area contributed by atoms with E-state index < -0.39 is 13.1 Å².